The van der Waals surface area contributed by atoms with Gasteiger partial charge in [-0.3, -0.25) is 4.79 Å². The number of likely N-dealkylation sites (tertiary alicyclic amines) is 1. The summed E-state index contributed by atoms with van der Waals surface area (Å²) in [5.41, 5.74) is 6.35. The summed E-state index contributed by atoms with van der Waals surface area (Å²) in [4.78, 5) is 24.9. The van der Waals surface area contributed by atoms with Crippen LogP contribution in [0.25, 0.3) is 0 Å². The Balaban J connectivity index is 2.26. The van der Waals surface area contributed by atoms with Gasteiger partial charge >= 0.3 is 5.97 Å². The molecule has 5 nitrogen and oxygen atoms in total. The fourth-order valence-electron chi connectivity index (χ4n) is 2.26. The van der Waals surface area contributed by atoms with E-state index in [1.165, 1.54) is 11.0 Å². The summed E-state index contributed by atoms with van der Waals surface area (Å²) in [5, 5.41) is 9.46. The number of carboxylic acids is 1. The van der Waals surface area contributed by atoms with Crippen molar-refractivity contribution in [3.05, 3.63) is 28.8 Å². The van der Waals surface area contributed by atoms with Crippen molar-refractivity contribution in [2.45, 2.75) is 25.3 Å². The van der Waals surface area contributed by atoms with E-state index in [4.69, 9.17) is 22.4 Å². The zero-order valence-electron chi connectivity index (χ0n) is 10.3. The number of hydrogen-bond donors (Lipinski definition) is 2. The van der Waals surface area contributed by atoms with Gasteiger partial charge in [0.05, 0.1) is 10.7 Å². The molecule has 1 aliphatic heterocycles. The Kier molecular flexibility index (Phi) is 3.95. The Morgan fingerprint density at radius 3 is 2.74 bits per heavy atom. The minimum atomic E-state index is -0.963. The first kappa shape index (κ1) is 13.7. The van der Waals surface area contributed by atoms with Gasteiger partial charge in [-0.2, -0.15) is 0 Å². The smallest absolute Gasteiger partial charge is 0.326 e. The molecule has 2 rings (SSSR count). The number of piperidine rings is 1. The lowest BCUT2D eigenvalue weighted by Gasteiger charge is -2.33. The van der Waals surface area contributed by atoms with Crippen LogP contribution in [0.15, 0.2) is 18.2 Å². The molecule has 6 heteroatoms. The van der Waals surface area contributed by atoms with Crippen LogP contribution in [-0.2, 0) is 4.79 Å². The molecule has 0 saturated carbocycles. The Morgan fingerprint density at radius 2 is 2.11 bits per heavy atom. The van der Waals surface area contributed by atoms with Crippen molar-refractivity contribution in [1.82, 2.24) is 4.90 Å². The molecule has 1 saturated heterocycles. The second-order valence-corrected chi connectivity index (χ2v) is 4.99. The lowest BCUT2D eigenvalue weighted by molar-refractivity contribution is -0.143. The second kappa shape index (κ2) is 5.48. The van der Waals surface area contributed by atoms with E-state index in [1.807, 2.05) is 0 Å². The molecule has 0 aliphatic carbocycles. The first-order valence-corrected chi connectivity index (χ1v) is 6.47. The van der Waals surface area contributed by atoms with Gasteiger partial charge in [0, 0.05) is 12.1 Å². The van der Waals surface area contributed by atoms with Gasteiger partial charge in [0.25, 0.3) is 5.91 Å². The largest absolute Gasteiger partial charge is 0.480 e. The van der Waals surface area contributed by atoms with Crippen LogP contribution in [0, 0.1) is 0 Å². The predicted octanol–water partition coefficient (Wildman–Crippen LogP) is 2.00. The fourth-order valence-corrected chi connectivity index (χ4v) is 2.44. The molecule has 3 N–H and O–H groups in total. The normalized spacial score (nSPS) is 19.2. The number of aliphatic carboxylic acids is 1. The van der Waals surface area contributed by atoms with Crippen LogP contribution in [-0.4, -0.2) is 34.5 Å². The standard InChI is InChI=1S/C13H15ClN2O3/c14-9-7-8(4-5-10(9)15)12(17)16-6-2-1-3-11(16)13(18)19/h4-5,7,11H,1-3,6,15H2,(H,18,19). The highest BCUT2D eigenvalue weighted by atomic mass is 35.5. The maximum atomic E-state index is 12.3. The van der Waals surface area contributed by atoms with Gasteiger partial charge in [0.1, 0.15) is 6.04 Å². The summed E-state index contributed by atoms with van der Waals surface area (Å²) in [6.07, 6.45) is 2.13. The van der Waals surface area contributed by atoms with Crippen molar-refractivity contribution in [2.75, 3.05) is 12.3 Å². The van der Waals surface area contributed by atoms with Gasteiger partial charge in [-0.25, -0.2) is 4.79 Å². The molecule has 102 valence electrons. The number of anilines is 1. The number of carbonyl (C=O) groups excluding carboxylic acids is 1. The van der Waals surface area contributed by atoms with E-state index in [-0.39, 0.29) is 5.91 Å². The minimum Gasteiger partial charge on any atom is -0.480 e. The molecule has 1 heterocycles. The van der Waals surface area contributed by atoms with E-state index in [0.717, 1.165) is 12.8 Å². The zero-order chi connectivity index (χ0) is 14.0. The van der Waals surface area contributed by atoms with Gasteiger partial charge in [0.2, 0.25) is 0 Å². The number of benzene rings is 1. The molecule has 1 amide bonds. The zero-order valence-corrected chi connectivity index (χ0v) is 11.1. The van der Waals surface area contributed by atoms with Crippen LogP contribution < -0.4 is 5.73 Å². The number of nitrogens with zero attached hydrogens (tertiary/aromatic N) is 1. The highest BCUT2D eigenvalue weighted by Gasteiger charge is 2.32. The molecule has 1 aromatic carbocycles. The molecule has 19 heavy (non-hydrogen) atoms. The number of nitrogens with two attached hydrogens (primary N) is 1. The van der Waals surface area contributed by atoms with E-state index >= 15 is 0 Å². The van der Waals surface area contributed by atoms with E-state index in [9.17, 15) is 9.59 Å². The predicted molar refractivity (Wildman–Crippen MR) is 72.2 cm³/mol. The highest BCUT2D eigenvalue weighted by Crippen LogP contribution is 2.24. The molecule has 0 spiro atoms. The number of halogens is 1. The van der Waals surface area contributed by atoms with Crippen molar-refractivity contribution in [3.63, 3.8) is 0 Å². The van der Waals surface area contributed by atoms with Gasteiger partial charge in [0.15, 0.2) is 0 Å². The molecule has 1 atom stereocenters. The molecule has 0 radical (unpaired) electrons. The third-order valence-corrected chi connectivity index (χ3v) is 3.62. The maximum absolute atomic E-state index is 12.3. The third kappa shape index (κ3) is 2.81. The Labute approximate surface area is 116 Å². The first-order chi connectivity index (χ1) is 9.00. The van der Waals surface area contributed by atoms with Crippen LogP contribution in [0.4, 0.5) is 5.69 Å². The van der Waals surface area contributed by atoms with Crippen molar-refractivity contribution in [3.8, 4) is 0 Å². The van der Waals surface area contributed by atoms with E-state index in [0.29, 0.717) is 29.2 Å². The minimum absolute atomic E-state index is 0.301. The SMILES string of the molecule is Nc1ccc(C(=O)N2CCCCC2C(=O)O)cc1Cl. The number of amides is 1. The van der Waals surface area contributed by atoms with E-state index in [1.54, 1.807) is 12.1 Å². The van der Waals surface area contributed by atoms with Gasteiger partial charge in [-0.15, -0.1) is 0 Å². The molecule has 0 bridgehead atoms. The first-order valence-electron chi connectivity index (χ1n) is 6.09. The quantitative estimate of drug-likeness (QED) is 0.813. The van der Waals surface area contributed by atoms with Crippen LogP contribution >= 0.6 is 11.6 Å². The Hall–Kier alpha value is -1.75. The molecular formula is C13H15ClN2O3. The third-order valence-electron chi connectivity index (χ3n) is 3.30. The molecule has 1 fully saturated rings. The summed E-state index contributed by atoms with van der Waals surface area (Å²) in [6.45, 7) is 0.456. The maximum Gasteiger partial charge on any atom is 0.326 e. The number of carboxylic acid groups (broad SMARTS) is 1. The molecule has 1 unspecified atom stereocenters. The summed E-state index contributed by atoms with van der Waals surface area (Å²) < 4.78 is 0. The van der Waals surface area contributed by atoms with Gasteiger partial charge in [-0.1, -0.05) is 11.6 Å². The van der Waals surface area contributed by atoms with Crippen LogP contribution in [0.2, 0.25) is 5.02 Å². The second-order valence-electron chi connectivity index (χ2n) is 4.58. The lowest BCUT2D eigenvalue weighted by Crippen LogP contribution is -2.47. The Bertz CT molecular complexity index is 519. The van der Waals surface area contributed by atoms with Crippen LogP contribution in [0.1, 0.15) is 29.6 Å². The number of rotatable bonds is 2. The summed E-state index contributed by atoms with van der Waals surface area (Å²) in [6, 6.07) is 3.84. The average molecular weight is 283 g/mol. The van der Waals surface area contributed by atoms with Crippen molar-refractivity contribution in [1.29, 1.82) is 0 Å². The Morgan fingerprint density at radius 1 is 1.37 bits per heavy atom. The molecule has 0 aromatic heterocycles. The lowest BCUT2D eigenvalue weighted by atomic mass is 10.0. The summed E-state index contributed by atoms with van der Waals surface area (Å²) >= 11 is 5.88. The molecule has 1 aliphatic rings. The van der Waals surface area contributed by atoms with Crippen molar-refractivity contribution >= 4 is 29.2 Å². The number of hydrogen-bond acceptors (Lipinski definition) is 3. The van der Waals surface area contributed by atoms with Gasteiger partial charge in [-0.05, 0) is 37.5 Å². The van der Waals surface area contributed by atoms with Crippen molar-refractivity contribution in [2.24, 2.45) is 0 Å². The molecular weight excluding hydrogens is 268 g/mol. The van der Waals surface area contributed by atoms with Crippen molar-refractivity contribution < 1.29 is 14.7 Å². The fraction of sp³-hybridized carbons (Fsp3) is 0.385. The number of carbonyl (C=O) groups is 2. The van der Waals surface area contributed by atoms with Crippen LogP contribution in [0.5, 0.6) is 0 Å². The summed E-state index contributed by atoms with van der Waals surface area (Å²) in [5.74, 6) is -1.27. The number of nitrogen functional groups attached to an aromatic ring is 1. The topological polar surface area (TPSA) is 83.6 Å². The highest BCUT2D eigenvalue weighted by molar-refractivity contribution is 6.33. The monoisotopic (exact) mass is 282 g/mol. The molecule has 1 aromatic rings. The van der Waals surface area contributed by atoms with E-state index in [2.05, 4.69) is 0 Å². The summed E-state index contributed by atoms with van der Waals surface area (Å²) in [7, 11) is 0. The van der Waals surface area contributed by atoms with Crippen LogP contribution in [0.3, 0.4) is 0 Å². The average Bonchev–Trinajstić information content (AvgIpc) is 2.41. The van der Waals surface area contributed by atoms with Gasteiger partial charge < -0.3 is 15.7 Å². The van der Waals surface area contributed by atoms with E-state index < -0.39 is 12.0 Å².